The SMILES string of the molecule is COc1cc(OC)cc(C(C)(C)OC(=O)N2C[C@H](OC(C)(C)C)C[C@H]2C(=O)O)c1. The lowest BCUT2D eigenvalue weighted by atomic mass is 9.97. The first-order valence-corrected chi connectivity index (χ1v) is 9.50. The number of carbonyl (C=O) groups excluding carboxylic acids is 1. The maximum Gasteiger partial charge on any atom is 0.411 e. The highest BCUT2D eigenvalue weighted by Gasteiger charge is 2.43. The Morgan fingerprint density at radius 1 is 1.03 bits per heavy atom. The molecule has 2 atom stereocenters. The van der Waals surface area contributed by atoms with Gasteiger partial charge in [-0.3, -0.25) is 4.90 Å². The van der Waals surface area contributed by atoms with E-state index in [1.165, 1.54) is 19.1 Å². The van der Waals surface area contributed by atoms with Crippen molar-refractivity contribution in [2.24, 2.45) is 0 Å². The first-order valence-electron chi connectivity index (χ1n) is 9.50. The van der Waals surface area contributed by atoms with Crippen LogP contribution in [-0.4, -0.2) is 60.6 Å². The number of carboxylic acids is 1. The van der Waals surface area contributed by atoms with Crippen LogP contribution in [0.5, 0.6) is 11.5 Å². The highest BCUT2D eigenvalue weighted by molar-refractivity contribution is 5.81. The fraction of sp³-hybridized carbons (Fsp3) is 0.619. The standard InChI is InChI=1S/C21H31NO7/c1-20(2,3)28-16-11-17(18(23)24)22(12-16)19(25)29-21(4,5)13-8-14(26-6)10-15(9-13)27-7/h8-10,16-17H,11-12H2,1-7H3,(H,23,24)/t16-,17+/m1/s1. The Bertz CT molecular complexity index is 732. The third-order valence-corrected chi connectivity index (χ3v) is 4.69. The number of hydrogen-bond acceptors (Lipinski definition) is 6. The summed E-state index contributed by atoms with van der Waals surface area (Å²) >= 11 is 0. The topological polar surface area (TPSA) is 94.5 Å². The van der Waals surface area contributed by atoms with Crippen molar-refractivity contribution in [3.63, 3.8) is 0 Å². The summed E-state index contributed by atoms with van der Waals surface area (Å²) in [6.07, 6.45) is -0.859. The van der Waals surface area contributed by atoms with Crippen molar-refractivity contribution in [3.05, 3.63) is 23.8 Å². The summed E-state index contributed by atoms with van der Waals surface area (Å²) in [6.45, 7) is 9.29. The fourth-order valence-electron chi connectivity index (χ4n) is 3.31. The second-order valence-corrected chi connectivity index (χ2v) is 8.57. The molecule has 1 heterocycles. The molecular weight excluding hydrogens is 378 g/mol. The smallest absolute Gasteiger partial charge is 0.411 e. The van der Waals surface area contributed by atoms with Crippen LogP contribution in [0.2, 0.25) is 0 Å². The highest BCUT2D eigenvalue weighted by Crippen LogP contribution is 2.34. The Morgan fingerprint density at radius 2 is 1.59 bits per heavy atom. The summed E-state index contributed by atoms with van der Waals surface area (Å²) in [6, 6.07) is 4.22. The quantitative estimate of drug-likeness (QED) is 0.769. The Morgan fingerprint density at radius 3 is 2.03 bits per heavy atom. The van der Waals surface area contributed by atoms with E-state index in [2.05, 4.69) is 0 Å². The van der Waals surface area contributed by atoms with Gasteiger partial charge >= 0.3 is 12.1 Å². The molecule has 0 aliphatic carbocycles. The van der Waals surface area contributed by atoms with Crippen LogP contribution >= 0.6 is 0 Å². The molecule has 0 spiro atoms. The molecule has 1 aliphatic heterocycles. The van der Waals surface area contributed by atoms with Crippen molar-refractivity contribution in [1.29, 1.82) is 0 Å². The van der Waals surface area contributed by atoms with Crippen LogP contribution in [-0.2, 0) is 19.9 Å². The molecule has 2 rings (SSSR count). The second-order valence-electron chi connectivity index (χ2n) is 8.57. The second kappa shape index (κ2) is 8.49. The highest BCUT2D eigenvalue weighted by atomic mass is 16.6. The predicted octanol–water partition coefficient (Wildman–Crippen LogP) is 3.42. The number of benzene rings is 1. The van der Waals surface area contributed by atoms with Gasteiger partial charge in [0, 0.05) is 18.1 Å². The van der Waals surface area contributed by atoms with Gasteiger partial charge in [-0.05, 0) is 46.8 Å². The van der Waals surface area contributed by atoms with Crippen molar-refractivity contribution < 1.29 is 33.6 Å². The maximum absolute atomic E-state index is 12.9. The molecule has 1 aliphatic rings. The normalized spacial score (nSPS) is 19.8. The van der Waals surface area contributed by atoms with E-state index in [4.69, 9.17) is 18.9 Å². The van der Waals surface area contributed by atoms with Crippen LogP contribution in [0.4, 0.5) is 4.79 Å². The van der Waals surface area contributed by atoms with E-state index < -0.39 is 29.3 Å². The van der Waals surface area contributed by atoms with Crippen molar-refractivity contribution >= 4 is 12.1 Å². The molecular formula is C21H31NO7. The maximum atomic E-state index is 12.9. The molecule has 1 N–H and O–H groups in total. The minimum absolute atomic E-state index is 0.157. The third-order valence-electron chi connectivity index (χ3n) is 4.69. The molecule has 1 aromatic carbocycles. The van der Waals surface area contributed by atoms with Crippen LogP contribution in [0.1, 0.15) is 46.6 Å². The van der Waals surface area contributed by atoms with Crippen LogP contribution in [0.3, 0.4) is 0 Å². The molecule has 1 fully saturated rings. The van der Waals surface area contributed by atoms with Crippen LogP contribution in [0, 0.1) is 0 Å². The molecule has 0 bridgehead atoms. The predicted molar refractivity (Wildman–Crippen MR) is 106 cm³/mol. The zero-order valence-corrected chi connectivity index (χ0v) is 18.1. The van der Waals surface area contributed by atoms with Crippen LogP contribution in [0.15, 0.2) is 18.2 Å². The van der Waals surface area contributed by atoms with Gasteiger partial charge in [-0.15, -0.1) is 0 Å². The van der Waals surface area contributed by atoms with Gasteiger partial charge < -0.3 is 24.1 Å². The Kier molecular flexibility index (Phi) is 6.67. The summed E-state index contributed by atoms with van der Waals surface area (Å²) in [7, 11) is 3.07. The van der Waals surface area contributed by atoms with E-state index >= 15 is 0 Å². The van der Waals surface area contributed by atoms with Crippen molar-refractivity contribution in [3.8, 4) is 11.5 Å². The number of rotatable bonds is 6. The zero-order chi connectivity index (χ0) is 22.0. The Hall–Kier alpha value is -2.48. The summed E-state index contributed by atoms with van der Waals surface area (Å²) in [5, 5.41) is 9.56. The molecule has 0 saturated carbocycles. The van der Waals surface area contributed by atoms with Gasteiger partial charge in [-0.2, -0.15) is 0 Å². The van der Waals surface area contributed by atoms with E-state index in [-0.39, 0.29) is 19.1 Å². The number of carboxylic acid groups (broad SMARTS) is 1. The van der Waals surface area contributed by atoms with Gasteiger partial charge in [0.2, 0.25) is 0 Å². The van der Waals surface area contributed by atoms with Gasteiger partial charge in [0.15, 0.2) is 0 Å². The largest absolute Gasteiger partial charge is 0.497 e. The zero-order valence-electron chi connectivity index (χ0n) is 18.1. The number of ether oxygens (including phenoxy) is 4. The molecule has 8 heteroatoms. The number of carbonyl (C=O) groups is 2. The van der Waals surface area contributed by atoms with Crippen LogP contribution in [0.25, 0.3) is 0 Å². The van der Waals surface area contributed by atoms with Crippen molar-refractivity contribution in [2.45, 2.75) is 64.4 Å². The van der Waals surface area contributed by atoms with E-state index in [9.17, 15) is 14.7 Å². The first-order chi connectivity index (χ1) is 13.4. The number of likely N-dealkylation sites (tertiary alicyclic amines) is 1. The van der Waals surface area contributed by atoms with Gasteiger partial charge in [-0.25, -0.2) is 9.59 Å². The third kappa shape index (κ3) is 5.76. The minimum atomic E-state index is -1.08. The lowest BCUT2D eigenvalue weighted by molar-refractivity contribution is -0.142. The van der Waals surface area contributed by atoms with E-state index in [0.717, 1.165) is 0 Å². The molecule has 1 aromatic rings. The summed E-state index contributed by atoms with van der Waals surface area (Å²) < 4.78 is 22.2. The van der Waals surface area contributed by atoms with E-state index in [1.807, 2.05) is 20.8 Å². The number of methoxy groups -OCH3 is 2. The average molecular weight is 409 g/mol. The number of hydrogen-bond donors (Lipinski definition) is 1. The summed E-state index contributed by atoms with van der Waals surface area (Å²) in [5.74, 6) is 0.0428. The monoisotopic (exact) mass is 409 g/mol. The summed E-state index contributed by atoms with van der Waals surface area (Å²) in [5.41, 5.74) is -0.815. The number of nitrogens with zero attached hydrogens (tertiary/aromatic N) is 1. The lowest BCUT2D eigenvalue weighted by Crippen LogP contribution is -2.43. The molecule has 162 valence electrons. The van der Waals surface area contributed by atoms with Crippen molar-refractivity contribution in [1.82, 2.24) is 4.90 Å². The van der Waals surface area contributed by atoms with Gasteiger partial charge in [-0.1, -0.05) is 0 Å². The van der Waals surface area contributed by atoms with Gasteiger partial charge in [0.1, 0.15) is 23.1 Å². The molecule has 1 saturated heterocycles. The number of aliphatic carboxylic acids is 1. The molecule has 29 heavy (non-hydrogen) atoms. The first kappa shape index (κ1) is 22.8. The van der Waals surface area contributed by atoms with Crippen molar-refractivity contribution in [2.75, 3.05) is 20.8 Å². The van der Waals surface area contributed by atoms with Gasteiger partial charge in [0.25, 0.3) is 0 Å². The molecule has 0 unspecified atom stereocenters. The van der Waals surface area contributed by atoms with E-state index in [0.29, 0.717) is 17.1 Å². The Balaban J connectivity index is 2.21. The van der Waals surface area contributed by atoms with E-state index in [1.54, 1.807) is 32.0 Å². The lowest BCUT2D eigenvalue weighted by Gasteiger charge is -2.30. The number of amides is 1. The van der Waals surface area contributed by atoms with Gasteiger partial charge in [0.05, 0.1) is 32.5 Å². The Labute approximate surface area is 171 Å². The summed E-state index contributed by atoms with van der Waals surface area (Å²) in [4.78, 5) is 25.8. The van der Waals surface area contributed by atoms with Crippen LogP contribution < -0.4 is 9.47 Å². The molecule has 0 aromatic heterocycles. The fourth-order valence-corrected chi connectivity index (χ4v) is 3.31. The molecule has 0 radical (unpaired) electrons. The molecule has 8 nitrogen and oxygen atoms in total. The minimum Gasteiger partial charge on any atom is -0.497 e. The average Bonchev–Trinajstić information content (AvgIpc) is 3.03. The molecule has 1 amide bonds.